The lowest BCUT2D eigenvalue weighted by Gasteiger charge is -2.21. The van der Waals surface area contributed by atoms with Gasteiger partial charge in [-0.3, -0.25) is 4.79 Å². The summed E-state index contributed by atoms with van der Waals surface area (Å²) in [6, 6.07) is 6.04. The van der Waals surface area contributed by atoms with E-state index in [9.17, 15) is 4.79 Å². The van der Waals surface area contributed by atoms with Gasteiger partial charge in [-0.25, -0.2) is 0 Å². The minimum Gasteiger partial charge on any atom is -0.496 e. The predicted octanol–water partition coefficient (Wildman–Crippen LogP) is 2.43. The molecule has 4 nitrogen and oxygen atoms in total. The quantitative estimate of drug-likeness (QED) is 0.920. The molecule has 0 spiro atoms. The van der Waals surface area contributed by atoms with E-state index in [1.54, 1.807) is 7.11 Å². The highest BCUT2D eigenvalue weighted by molar-refractivity contribution is 5.85. The van der Waals surface area contributed by atoms with Crippen LogP contribution in [-0.2, 0) is 11.2 Å². The van der Waals surface area contributed by atoms with Crippen LogP contribution in [-0.4, -0.2) is 44.1 Å². The molecule has 2 aliphatic rings. The minimum atomic E-state index is 0. The van der Waals surface area contributed by atoms with Crippen molar-refractivity contribution in [3.05, 3.63) is 29.3 Å². The van der Waals surface area contributed by atoms with E-state index in [0.29, 0.717) is 6.42 Å². The van der Waals surface area contributed by atoms with Crippen molar-refractivity contribution in [2.24, 2.45) is 11.8 Å². The average Bonchev–Trinajstić information content (AvgIpc) is 2.86. The van der Waals surface area contributed by atoms with Crippen LogP contribution in [0.25, 0.3) is 0 Å². The van der Waals surface area contributed by atoms with E-state index in [1.165, 1.54) is 5.56 Å². The van der Waals surface area contributed by atoms with Gasteiger partial charge in [0, 0.05) is 18.7 Å². The lowest BCUT2D eigenvalue weighted by Crippen LogP contribution is -2.34. The molecule has 1 N–H and O–H groups in total. The summed E-state index contributed by atoms with van der Waals surface area (Å²) >= 11 is 0. The maximum absolute atomic E-state index is 12.7. The molecule has 2 heterocycles. The first kappa shape index (κ1) is 18.1. The average molecular weight is 339 g/mol. The van der Waals surface area contributed by atoms with E-state index in [0.717, 1.165) is 62.2 Å². The molecule has 0 bridgehead atoms. The van der Waals surface area contributed by atoms with E-state index >= 15 is 0 Å². The van der Waals surface area contributed by atoms with Crippen LogP contribution in [0.15, 0.2) is 18.2 Å². The molecule has 0 saturated carbocycles. The number of rotatable bonds is 3. The Morgan fingerprint density at radius 1 is 1.26 bits per heavy atom. The molecule has 1 amide bonds. The summed E-state index contributed by atoms with van der Waals surface area (Å²) in [4.78, 5) is 14.7. The summed E-state index contributed by atoms with van der Waals surface area (Å²) in [6.07, 6.45) is 2.71. The van der Waals surface area contributed by atoms with Crippen molar-refractivity contribution >= 4 is 18.3 Å². The van der Waals surface area contributed by atoms with Crippen molar-refractivity contribution in [3.63, 3.8) is 0 Å². The topological polar surface area (TPSA) is 41.6 Å². The number of carbonyl (C=O) groups is 1. The monoisotopic (exact) mass is 338 g/mol. The van der Waals surface area contributed by atoms with Crippen molar-refractivity contribution < 1.29 is 9.53 Å². The van der Waals surface area contributed by atoms with Crippen LogP contribution < -0.4 is 10.1 Å². The lowest BCUT2D eigenvalue weighted by molar-refractivity contribution is -0.130. The zero-order chi connectivity index (χ0) is 15.5. The van der Waals surface area contributed by atoms with Gasteiger partial charge in [-0.05, 0) is 50.8 Å². The maximum atomic E-state index is 12.7. The lowest BCUT2D eigenvalue weighted by atomic mass is 9.92. The third-order valence-electron chi connectivity index (χ3n) is 5.15. The summed E-state index contributed by atoms with van der Waals surface area (Å²) < 4.78 is 5.39. The van der Waals surface area contributed by atoms with Crippen molar-refractivity contribution in [2.75, 3.05) is 33.3 Å². The molecular formula is C18H27ClN2O2. The number of halogens is 1. The summed E-state index contributed by atoms with van der Waals surface area (Å²) in [5, 5.41) is 3.48. The van der Waals surface area contributed by atoms with Crippen LogP contribution in [0.3, 0.4) is 0 Å². The first-order valence-corrected chi connectivity index (χ1v) is 8.29. The van der Waals surface area contributed by atoms with E-state index < -0.39 is 0 Å². The zero-order valence-corrected chi connectivity index (χ0v) is 14.8. The highest BCUT2D eigenvalue weighted by Gasteiger charge is 2.31. The fourth-order valence-electron chi connectivity index (χ4n) is 3.79. The first-order valence-electron chi connectivity index (χ1n) is 8.29. The van der Waals surface area contributed by atoms with Gasteiger partial charge in [-0.1, -0.05) is 17.7 Å². The highest BCUT2D eigenvalue weighted by Crippen LogP contribution is 2.28. The van der Waals surface area contributed by atoms with Crippen molar-refractivity contribution in [2.45, 2.75) is 26.2 Å². The largest absolute Gasteiger partial charge is 0.496 e. The molecule has 2 fully saturated rings. The molecule has 0 radical (unpaired) electrons. The van der Waals surface area contributed by atoms with Crippen LogP contribution in [0.1, 0.15) is 24.0 Å². The Kier molecular flexibility index (Phi) is 6.31. The molecule has 0 unspecified atom stereocenters. The predicted molar refractivity (Wildman–Crippen MR) is 94.3 cm³/mol. The number of carbonyl (C=O) groups excluding carboxylic acids is 1. The van der Waals surface area contributed by atoms with Gasteiger partial charge in [0.2, 0.25) is 5.91 Å². The molecule has 3 rings (SSSR count). The SMILES string of the molecule is COc1ccc(C)cc1CC(=O)N1CC[C@@H]2CNC[C@@H]2CC1.Cl. The Bertz CT molecular complexity index is 536. The Balaban J connectivity index is 0.00000192. The normalized spacial score (nSPS) is 23.7. The molecule has 0 aromatic heterocycles. The van der Waals surface area contributed by atoms with Gasteiger partial charge in [0.05, 0.1) is 13.5 Å². The number of nitrogens with one attached hydrogen (secondary N) is 1. The first-order chi connectivity index (χ1) is 10.7. The van der Waals surface area contributed by atoms with E-state index in [-0.39, 0.29) is 18.3 Å². The smallest absolute Gasteiger partial charge is 0.227 e. The van der Waals surface area contributed by atoms with Crippen LogP contribution >= 0.6 is 12.4 Å². The fraction of sp³-hybridized carbons (Fsp3) is 0.611. The van der Waals surface area contributed by atoms with Crippen LogP contribution in [0.5, 0.6) is 5.75 Å². The maximum Gasteiger partial charge on any atom is 0.227 e. The number of ether oxygens (including phenoxy) is 1. The molecular weight excluding hydrogens is 312 g/mol. The molecule has 23 heavy (non-hydrogen) atoms. The molecule has 1 aromatic rings. The molecule has 2 aliphatic heterocycles. The number of methoxy groups -OCH3 is 1. The Morgan fingerprint density at radius 3 is 2.52 bits per heavy atom. The fourth-order valence-corrected chi connectivity index (χ4v) is 3.79. The molecule has 128 valence electrons. The highest BCUT2D eigenvalue weighted by atomic mass is 35.5. The second kappa shape index (κ2) is 8.02. The standard InChI is InChI=1S/C18H26N2O2.ClH/c1-13-3-4-17(22-2)16(9-13)10-18(21)20-7-5-14-11-19-12-15(14)6-8-20;/h3-4,9,14-15,19H,5-8,10-12H2,1-2H3;1H/t14-,15+;. The van der Waals surface area contributed by atoms with Gasteiger partial charge < -0.3 is 15.0 Å². The Morgan fingerprint density at radius 2 is 1.91 bits per heavy atom. The van der Waals surface area contributed by atoms with Gasteiger partial charge in [-0.15, -0.1) is 12.4 Å². The Labute approximate surface area is 145 Å². The van der Waals surface area contributed by atoms with E-state index in [4.69, 9.17) is 4.74 Å². The minimum absolute atomic E-state index is 0. The summed E-state index contributed by atoms with van der Waals surface area (Å²) in [5.74, 6) is 2.56. The molecule has 2 saturated heterocycles. The Hall–Kier alpha value is -1.26. The van der Waals surface area contributed by atoms with Crippen molar-refractivity contribution in [1.82, 2.24) is 10.2 Å². The van der Waals surface area contributed by atoms with Crippen molar-refractivity contribution in [1.29, 1.82) is 0 Å². The van der Waals surface area contributed by atoms with E-state index in [1.807, 2.05) is 19.1 Å². The van der Waals surface area contributed by atoms with Crippen LogP contribution in [0.4, 0.5) is 0 Å². The van der Waals surface area contributed by atoms with Crippen LogP contribution in [0.2, 0.25) is 0 Å². The summed E-state index contributed by atoms with van der Waals surface area (Å²) in [7, 11) is 1.67. The van der Waals surface area contributed by atoms with Gasteiger partial charge >= 0.3 is 0 Å². The number of benzene rings is 1. The second-order valence-electron chi connectivity index (χ2n) is 6.63. The number of aryl methyl sites for hydroxylation is 1. The second-order valence-corrected chi connectivity index (χ2v) is 6.63. The third-order valence-corrected chi connectivity index (χ3v) is 5.15. The molecule has 0 aliphatic carbocycles. The molecule has 1 aromatic carbocycles. The summed E-state index contributed by atoms with van der Waals surface area (Å²) in [5.41, 5.74) is 2.17. The summed E-state index contributed by atoms with van der Waals surface area (Å²) in [6.45, 7) is 6.09. The number of amides is 1. The van der Waals surface area contributed by atoms with Gasteiger partial charge in [0.15, 0.2) is 0 Å². The zero-order valence-electron chi connectivity index (χ0n) is 14.0. The van der Waals surface area contributed by atoms with Gasteiger partial charge in [-0.2, -0.15) is 0 Å². The van der Waals surface area contributed by atoms with Crippen molar-refractivity contribution in [3.8, 4) is 5.75 Å². The van der Waals surface area contributed by atoms with E-state index in [2.05, 4.69) is 16.3 Å². The molecule has 2 atom stereocenters. The van der Waals surface area contributed by atoms with Gasteiger partial charge in [0.1, 0.15) is 5.75 Å². The van der Waals surface area contributed by atoms with Crippen LogP contribution in [0, 0.1) is 18.8 Å². The number of hydrogen-bond donors (Lipinski definition) is 1. The number of likely N-dealkylation sites (tertiary alicyclic amines) is 1. The number of hydrogen-bond acceptors (Lipinski definition) is 3. The molecule has 5 heteroatoms. The number of fused-ring (bicyclic) bond motifs is 1. The third kappa shape index (κ3) is 4.18. The van der Waals surface area contributed by atoms with Gasteiger partial charge in [0.25, 0.3) is 0 Å². The number of nitrogens with zero attached hydrogens (tertiary/aromatic N) is 1.